The zero-order valence-electron chi connectivity index (χ0n) is 19.4. The molecule has 1 aromatic rings. The Morgan fingerprint density at radius 1 is 0.906 bits per heavy atom. The molecule has 0 bridgehead atoms. The van der Waals surface area contributed by atoms with Crippen molar-refractivity contribution < 1.29 is 18.0 Å². The number of piperidine rings is 1. The summed E-state index contributed by atoms with van der Waals surface area (Å²) in [5.41, 5.74) is 1.79. The summed E-state index contributed by atoms with van der Waals surface area (Å²) in [6.07, 6.45) is 1.18. The maximum Gasteiger partial charge on any atom is 0.321 e. The van der Waals surface area contributed by atoms with Crippen molar-refractivity contribution in [3.8, 4) is 0 Å². The van der Waals surface area contributed by atoms with Crippen molar-refractivity contribution in [1.82, 2.24) is 14.5 Å². The first-order valence-corrected chi connectivity index (χ1v) is 12.6. The summed E-state index contributed by atoms with van der Waals surface area (Å²) in [7, 11) is -3.40. The summed E-state index contributed by atoms with van der Waals surface area (Å²) in [5, 5.41) is 2.93. The van der Waals surface area contributed by atoms with E-state index in [9.17, 15) is 18.0 Å². The molecule has 0 atom stereocenters. The maximum atomic E-state index is 12.6. The lowest BCUT2D eigenvalue weighted by molar-refractivity contribution is -0.129. The van der Waals surface area contributed by atoms with Gasteiger partial charge in [0.2, 0.25) is 15.9 Å². The van der Waals surface area contributed by atoms with Gasteiger partial charge in [-0.1, -0.05) is 0 Å². The average molecular weight is 466 g/mol. The highest BCUT2D eigenvalue weighted by molar-refractivity contribution is 7.90. The number of nitrogens with zero attached hydrogens (tertiary/aromatic N) is 3. The second-order valence-corrected chi connectivity index (χ2v) is 11.9. The highest BCUT2D eigenvalue weighted by Gasteiger charge is 2.33. The van der Waals surface area contributed by atoms with E-state index in [1.165, 1.54) is 0 Å². The van der Waals surface area contributed by atoms with Crippen LogP contribution in [0.4, 0.5) is 16.2 Å². The Morgan fingerprint density at radius 2 is 1.47 bits per heavy atom. The van der Waals surface area contributed by atoms with E-state index in [1.807, 2.05) is 29.2 Å². The van der Waals surface area contributed by atoms with Gasteiger partial charge in [0.05, 0.1) is 4.75 Å². The van der Waals surface area contributed by atoms with Crippen LogP contribution in [0.1, 0.15) is 40.5 Å². The van der Waals surface area contributed by atoms with Crippen molar-refractivity contribution in [3.63, 3.8) is 0 Å². The molecule has 2 saturated heterocycles. The van der Waals surface area contributed by atoms with E-state index in [-0.39, 0.29) is 18.0 Å². The molecular weight excluding hydrogens is 430 g/mol. The summed E-state index contributed by atoms with van der Waals surface area (Å²) in [4.78, 5) is 29.9. The predicted molar refractivity (Wildman–Crippen MR) is 126 cm³/mol. The molecule has 3 amide bonds. The first-order chi connectivity index (χ1) is 15.0. The topological polar surface area (TPSA) is 102 Å². The lowest BCUT2D eigenvalue weighted by Crippen LogP contribution is -2.50. The first kappa shape index (κ1) is 24.3. The highest BCUT2D eigenvalue weighted by atomic mass is 32.2. The number of carbonyl (C=O) groups is 2. The smallest absolute Gasteiger partial charge is 0.321 e. The Kier molecular flexibility index (Phi) is 7.34. The molecule has 2 aliphatic rings. The molecule has 0 aromatic heterocycles. The van der Waals surface area contributed by atoms with Gasteiger partial charge in [0.15, 0.2) is 0 Å². The Bertz CT molecular complexity index is 911. The summed E-state index contributed by atoms with van der Waals surface area (Å²) in [6.45, 7) is 10.6. The average Bonchev–Trinajstić information content (AvgIpc) is 2.74. The lowest BCUT2D eigenvalue weighted by atomic mass is 10.1. The van der Waals surface area contributed by atoms with Crippen molar-refractivity contribution in [2.75, 3.05) is 49.5 Å². The molecule has 10 heteroatoms. The quantitative estimate of drug-likeness (QED) is 0.709. The number of rotatable bonds is 4. The van der Waals surface area contributed by atoms with Crippen LogP contribution in [0, 0.1) is 0 Å². The number of nitrogens with one attached hydrogen (secondary N) is 2. The minimum atomic E-state index is -3.40. The number of amides is 3. The SMILES string of the molecule is CC(=O)N1CCN(c2ccc(NC(=O)N3CCC(NS(=O)(=O)C(C)(C)C)CC3)cc2)CC1. The fourth-order valence-electron chi connectivity index (χ4n) is 3.83. The van der Waals surface area contributed by atoms with Crippen LogP contribution in [0.5, 0.6) is 0 Å². The Labute approximate surface area is 191 Å². The van der Waals surface area contributed by atoms with E-state index in [2.05, 4.69) is 14.9 Å². The molecular formula is C22H35N5O4S. The third-order valence-corrected chi connectivity index (χ3v) is 8.37. The third-order valence-electron chi connectivity index (χ3n) is 6.12. The summed E-state index contributed by atoms with van der Waals surface area (Å²) in [6, 6.07) is 7.40. The van der Waals surface area contributed by atoms with Crippen molar-refractivity contribution in [2.45, 2.75) is 51.3 Å². The van der Waals surface area contributed by atoms with Crippen LogP contribution in [0.25, 0.3) is 0 Å². The number of benzene rings is 1. The molecule has 2 N–H and O–H groups in total. The molecule has 1 aromatic carbocycles. The van der Waals surface area contributed by atoms with Gasteiger partial charge >= 0.3 is 6.03 Å². The molecule has 3 rings (SSSR count). The largest absolute Gasteiger partial charge is 0.368 e. The fourth-order valence-corrected chi connectivity index (χ4v) is 4.86. The molecule has 32 heavy (non-hydrogen) atoms. The fraction of sp³-hybridized carbons (Fsp3) is 0.636. The van der Waals surface area contributed by atoms with Gasteiger partial charge in [-0.3, -0.25) is 4.79 Å². The van der Waals surface area contributed by atoms with E-state index in [0.717, 1.165) is 37.6 Å². The van der Waals surface area contributed by atoms with E-state index in [1.54, 1.807) is 32.6 Å². The van der Waals surface area contributed by atoms with E-state index in [0.29, 0.717) is 25.9 Å². The minimum Gasteiger partial charge on any atom is -0.368 e. The van der Waals surface area contributed by atoms with Crippen molar-refractivity contribution in [3.05, 3.63) is 24.3 Å². The molecule has 2 heterocycles. The number of sulfonamides is 1. The van der Waals surface area contributed by atoms with Gasteiger partial charge in [0.25, 0.3) is 0 Å². The van der Waals surface area contributed by atoms with Gasteiger partial charge < -0.3 is 20.0 Å². The van der Waals surface area contributed by atoms with Gasteiger partial charge in [-0.15, -0.1) is 0 Å². The van der Waals surface area contributed by atoms with E-state index >= 15 is 0 Å². The summed E-state index contributed by atoms with van der Waals surface area (Å²) < 4.78 is 26.6. The molecule has 0 saturated carbocycles. The standard InChI is InChI=1S/C22H35N5O4S/c1-17(28)25-13-15-26(16-14-25)20-7-5-18(6-8-20)23-21(29)27-11-9-19(10-12-27)24-32(30,31)22(2,3)4/h5-8,19,24H,9-16H2,1-4H3,(H,23,29). The highest BCUT2D eigenvalue weighted by Crippen LogP contribution is 2.21. The molecule has 0 unspecified atom stereocenters. The van der Waals surface area contributed by atoms with E-state index < -0.39 is 14.8 Å². The monoisotopic (exact) mass is 465 g/mol. The molecule has 178 valence electrons. The Balaban J connectivity index is 1.47. The van der Waals surface area contributed by atoms with Crippen LogP contribution in [0.2, 0.25) is 0 Å². The van der Waals surface area contributed by atoms with Crippen LogP contribution in [0.15, 0.2) is 24.3 Å². The summed E-state index contributed by atoms with van der Waals surface area (Å²) >= 11 is 0. The number of likely N-dealkylation sites (tertiary alicyclic amines) is 1. The molecule has 0 spiro atoms. The number of hydrogen-bond acceptors (Lipinski definition) is 5. The zero-order chi connectivity index (χ0) is 23.5. The maximum absolute atomic E-state index is 12.6. The molecule has 2 aliphatic heterocycles. The van der Waals surface area contributed by atoms with Gasteiger partial charge in [0.1, 0.15) is 0 Å². The first-order valence-electron chi connectivity index (χ1n) is 11.1. The van der Waals surface area contributed by atoms with Crippen LogP contribution in [-0.4, -0.2) is 80.2 Å². The van der Waals surface area contributed by atoms with Crippen LogP contribution in [0.3, 0.4) is 0 Å². The van der Waals surface area contributed by atoms with Gasteiger partial charge in [-0.2, -0.15) is 0 Å². The van der Waals surface area contributed by atoms with Gasteiger partial charge in [-0.05, 0) is 57.9 Å². The lowest BCUT2D eigenvalue weighted by Gasteiger charge is -2.35. The van der Waals surface area contributed by atoms with Gasteiger partial charge in [0, 0.05) is 63.6 Å². The predicted octanol–water partition coefficient (Wildman–Crippen LogP) is 2.07. The minimum absolute atomic E-state index is 0.110. The Morgan fingerprint density at radius 3 is 1.97 bits per heavy atom. The van der Waals surface area contributed by atoms with Crippen LogP contribution in [-0.2, 0) is 14.8 Å². The molecule has 0 radical (unpaired) electrons. The Hall–Kier alpha value is -2.33. The third kappa shape index (κ3) is 5.92. The number of urea groups is 1. The number of hydrogen-bond donors (Lipinski definition) is 2. The number of anilines is 2. The normalized spacial score (nSPS) is 18.6. The number of carbonyl (C=O) groups excluding carboxylic acids is 2. The van der Waals surface area contributed by atoms with Crippen molar-refractivity contribution in [1.29, 1.82) is 0 Å². The second kappa shape index (κ2) is 9.66. The number of piperazine rings is 1. The molecule has 2 fully saturated rings. The van der Waals surface area contributed by atoms with E-state index in [4.69, 9.17) is 0 Å². The van der Waals surface area contributed by atoms with Crippen LogP contribution < -0.4 is 14.9 Å². The second-order valence-electron chi connectivity index (χ2n) is 9.47. The van der Waals surface area contributed by atoms with Gasteiger partial charge in [-0.25, -0.2) is 17.9 Å². The van der Waals surface area contributed by atoms with Crippen LogP contribution >= 0.6 is 0 Å². The van der Waals surface area contributed by atoms with Crippen molar-refractivity contribution in [2.24, 2.45) is 0 Å². The van der Waals surface area contributed by atoms with Crippen molar-refractivity contribution >= 4 is 33.3 Å². The molecule has 9 nitrogen and oxygen atoms in total. The summed E-state index contributed by atoms with van der Waals surface area (Å²) in [5.74, 6) is 0.110. The zero-order valence-corrected chi connectivity index (χ0v) is 20.2. The molecule has 0 aliphatic carbocycles.